The van der Waals surface area contributed by atoms with Crippen molar-refractivity contribution < 1.29 is 22.7 Å². The van der Waals surface area contributed by atoms with Crippen LogP contribution in [0.3, 0.4) is 0 Å². The van der Waals surface area contributed by atoms with Crippen LogP contribution in [0.4, 0.5) is 11.6 Å². The molecule has 1 aliphatic rings. The molecule has 1 aliphatic heterocycles. The number of nitrogens with two attached hydrogens (primary N) is 1. The molecule has 1 unspecified atom stereocenters. The quantitative estimate of drug-likeness (QED) is 0.377. The normalized spacial score (nSPS) is 19.8. The summed E-state index contributed by atoms with van der Waals surface area (Å²) < 4.78 is 34.6. The Hall–Kier alpha value is -3.31. The van der Waals surface area contributed by atoms with Crippen molar-refractivity contribution >= 4 is 38.2 Å². The third-order valence-electron chi connectivity index (χ3n) is 7.12. The summed E-state index contributed by atoms with van der Waals surface area (Å²) in [5.74, 6) is 1.07. The fourth-order valence-electron chi connectivity index (χ4n) is 4.30. The number of hydrogen-bond acceptors (Lipinski definition) is 10. The van der Waals surface area contributed by atoms with Crippen molar-refractivity contribution in [1.29, 1.82) is 0 Å². The number of esters is 1. The number of carbonyl (C=O) groups excluding carboxylic acids is 1. The van der Waals surface area contributed by atoms with E-state index < -0.39 is 15.4 Å². The molecule has 0 fully saturated rings. The molecule has 0 amide bonds. The topological polar surface area (TPSA) is 146 Å². The summed E-state index contributed by atoms with van der Waals surface area (Å²) in [5, 5.41) is 4.74. The van der Waals surface area contributed by atoms with E-state index in [0.29, 0.717) is 47.0 Å². The number of rotatable bonds is 9. The van der Waals surface area contributed by atoms with Crippen molar-refractivity contribution in [3.05, 3.63) is 47.4 Å². The first-order valence-electron chi connectivity index (χ1n) is 12.7. The molecule has 3 aromatic rings. The van der Waals surface area contributed by atoms with E-state index in [1.165, 1.54) is 6.26 Å². The zero-order valence-corrected chi connectivity index (χ0v) is 23.4. The van der Waals surface area contributed by atoms with Gasteiger partial charge < -0.3 is 20.5 Å². The summed E-state index contributed by atoms with van der Waals surface area (Å²) in [6, 6.07) is 5.31. The molecular formula is C27H35N5O5S. The fourth-order valence-corrected chi connectivity index (χ4v) is 5.06. The van der Waals surface area contributed by atoms with Crippen molar-refractivity contribution in [1.82, 2.24) is 15.0 Å². The fraction of sp³-hybridized carbons (Fsp3) is 0.481. The zero-order chi connectivity index (χ0) is 27.8. The Morgan fingerprint density at radius 1 is 1.18 bits per heavy atom. The number of cyclic esters (lactones) is 1. The van der Waals surface area contributed by atoms with Crippen LogP contribution >= 0.6 is 0 Å². The van der Waals surface area contributed by atoms with E-state index in [9.17, 15) is 13.2 Å². The first kappa shape index (κ1) is 27.7. The van der Waals surface area contributed by atoms with E-state index >= 15 is 0 Å². The lowest BCUT2D eigenvalue weighted by Gasteiger charge is -2.27. The van der Waals surface area contributed by atoms with E-state index in [1.54, 1.807) is 24.5 Å². The maximum Gasteiger partial charge on any atom is 0.340 e. The van der Waals surface area contributed by atoms with Gasteiger partial charge in [0.25, 0.3) is 0 Å². The van der Waals surface area contributed by atoms with E-state index in [2.05, 4.69) is 15.3 Å². The molecule has 11 heteroatoms. The van der Waals surface area contributed by atoms with Crippen molar-refractivity contribution in [2.75, 3.05) is 17.3 Å². The number of nitrogens with zero attached hydrogens (tertiary/aromatic N) is 3. The van der Waals surface area contributed by atoms with Gasteiger partial charge in [0, 0.05) is 30.1 Å². The van der Waals surface area contributed by atoms with Crippen molar-refractivity contribution in [2.45, 2.75) is 71.1 Å². The number of anilines is 2. The lowest BCUT2D eigenvalue weighted by Crippen LogP contribution is -2.32. The second-order valence-corrected chi connectivity index (χ2v) is 12.6. The summed E-state index contributed by atoms with van der Waals surface area (Å²) in [5.41, 5.74) is 7.96. The Morgan fingerprint density at radius 2 is 1.92 bits per heavy atom. The first-order valence-corrected chi connectivity index (χ1v) is 14.8. The molecule has 0 aliphatic carbocycles. The van der Waals surface area contributed by atoms with Gasteiger partial charge in [-0.1, -0.05) is 13.8 Å². The smallest absolute Gasteiger partial charge is 0.340 e. The number of fused-ring (bicyclic) bond motifs is 2. The largest absolute Gasteiger partial charge is 0.474 e. The van der Waals surface area contributed by atoms with Crippen LogP contribution in [0.1, 0.15) is 75.0 Å². The Bertz CT molecular complexity index is 1470. The Kier molecular flexibility index (Phi) is 7.62. The third-order valence-corrected chi connectivity index (χ3v) is 8.10. The molecule has 0 saturated heterocycles. The lowest BCUT2D eigenvalue weighted by atomic mass is 9.88. The molecule has 10 nitrogen and oxygen atoms in total. The molecule has 0 spiro atoms. The van der Waals surface area contributed by atoms with E-state index in [-0.39, 0.29) is 29.8 Å². The van der Waals surface area contributed by atoms with Gasteiger partial charge in [-0.15, -0.1) is 0 Å². The van der Waals surface area contributed by atoms with Crippen molar-refractivity contribution in [3.8, 4) is 5.88 Å². The molecule has 0 bridgehead atoms. The Morgan fingerprint density at radius 3 is 2.61 bits per heavy atom. The lowest BCUT2D eigenvalue weighted by molar-refractivity contribution is 0.0235. The standard InChI is InChI=1S/C27H35N5O5S/c1-7-27(5,28)21-14-30-25(36-15(2)10-11-38(6,34)35)20-13-29-23(12-19(20)21)31-22-9-8-18-24(32-22)16(3)17(4)37-26(18)33/h8-9,12-17H,7,10-11,28H2,1-6H3,(H,29,31,32)/t15-,16-,17-,27?/m0/s1. The maximum atomic E-state index is 12.3. The predicted molar refractivity (Wildman–Crippen MR) is 147 cm³/mol. The van der Waals surface area contributed by atoms with Gasteiger partial charge >= 0.3 is 5.97 Å². The molecule has 3 aromatic heterocycles. The van der Waals surface area contributed by atoms with E-state index in [4.69, 9.17) is 20.2 Å². The van der Waals surface area contributed by atoms with Crippen LogP contribution in [-0.2, 0) is 20.1 Å². The second-order valence-electron chi connectivity index (χ2n) is 10.4. The van der Waals surface area contributed by atoms with Crippen LogP contribution in [0.15, 0.2) is 30.6 Å². The SMILES string of the molecule is CCC(C)(N)c1cnc(O[C@@H](C)CCS(C)(=O)=O)c2cnc(Nc3ccc4c(n3)[C@@H](C)[C@H](C)OC4=O)cc12. The number of sulfone groups is 1. The number of ether oxygens (including phenoxy) is 2. The summed E-state index contributed by atoms with van der Waals surface area (Å²) in [6.07, 6.45) is 4.97. The average molecular weight is 542 g/mol. The highest BCUT2D eigenvalue weighted by Crippen LogP contribution is 2.35. The molecule has 3 N–H and O–H groups in total. The van der Waals surface area contributed by atoms with Crippen molar-refractivity contribution in [2.24, 2.45) is 5.73 Å². The molecule has 204 valence electrons. The Balaban J connectivity index is 1.70. The van der Waals surface area contributed by atoms with Gasteiger partial charge in [-0.2, -0.15) is 0 Å². The van der Waals surface area contributed by atoms with Crippen LogP contribution in [0.5, 0.6) is 5.88 Å². The Labute approximate surface area is 223 Å². The van der Waals surface area contributed by atoms with Gasteiger partial charge in [-0.25, -0.2) is 28.2 Å². The van der Waals surface area contributed by atoms with Gasteiger partial charge in [0.1, 0.15) is 27.6 Å². The monoisotopic (exact) mass is 541 g/mol. The van der Waals surface area contributed by atoms with Crippen LogP contribution in [0, 0.1) is 0 Å². The number of hydrogen-bond donors (Lipinski definition) is 2. The van der Waals surface area contributed by atoms with Crippen molar-refractivity contribution in [3.63, 3.8) is 0 Å². The minimum Gasteiger partial charge on any atom is -0.474 e. The summed E-state index contributed by atoms with van der Waals surface area (Å²) in [7, 11) is -3.10. The van der Waals surface area contributed by atoms with Crippen LogP contribution in [0.25, 0.3) is 10.8 Å². The predicted octanol–water partition coefficient (Wildman–Crippen LogP) is 4.22. The van der Waals surface area contributed by atoms with Crippen LogP contribution in [-0.4, -0.2) is 53.6 Å². The van der Waals surface area contributed by atoms with Gasteiger partial charge in [-0.05, 0) is 62.8 Å². The van der Waals surface area contributed by atoms with Gasteiger partial charge in [-0.3, -0.25) is 0 Å². The molecule has 38 heavy (non-hydrogen) atoms. The molecular weight excluding hydrogens is 506 g/mol. The van der Waals surface area contributed by atoms with Gasteiger partial charge in [0.15, 0.2) is 0 Å². The van der Waals surface area contributed by atoms with Crippen LogP contribution < -0.4 is 15.8 Å². The second kappa shape index (κ2) is 10.5. The molecule has 0 aromatic carbocycles. The molecule has 0 radical (unpaired) electrons. The van der Waals surface area contributed by atoms with E-state index in [1.807, 2.05) is 40.7 Å². The first-order chi connectivity index (χ1) is 17.8. The molecule has 4 atom stereocenters. The highest BCUT2D eigenvalue weighted by molar-refractivity contribution is 7.90. The summed E-state index contributed by atoms with van der Waals surface area (Å²) in [6.45, 7) is 9.60. The highest BCUT2D eigenvalue weighted by Gasteiger charge is 2.31. The number of nitrogens with one attached hydrogen (secondary N) is 1. The van der Waals surface area contributed by atoms with E-state index in [0.717, 1.165) is 10.9 Å². The minimum atomic E-state index is -3.10. The molecule has 4 heterocycles. The summed E-state index contributed by atoms with van der Waals surface area (Å²) in [4.78, 5) is 26.0. The average Bonchev–Trinajstić information content (AvgIpc) is 2.85. The third kappa shape index (κ3) is 5.88. The number of carbonyl (C=O) groups is 1. The zero-order valence-electron chi connectivity index (χ0n) is 22.6. The van der Waals surface area contributed by atoms with Gasteiger partial charge in [0.05, 0.1) is 28.5 Å². The molecule has 0 saturated carbocycles. The maximum absolute atomic E-state index is 12.3. The summed E-state index contributed by atoms with van der Waals surface area (Å²) >= 11 is 0. The highest BCUT2D eigenvalue weighted by atomic mass is 32.2. The van der Waals surface area contributed by atoms with Gasteiger partial charge in [0.2, 0.25) is 5.88 Å². The van der Waals surface area contributed by atoms with Crippen LogP contribution in [0.2, 0.25) is 0 Å². The minimum absolute atomic E-state index is 0.0239. The molecule has 4 rings (SSSR count). The number of pyridine rings is 3. The number of aromatic nitrogens is 3.